The third-order valence-electron chi connectivity index (χ3n) is 4.77. The molecule has 4 rings (SSSR count). The maximum absolute atomic E-state index is 12.3. The van der Waals surface area contributed by atoms with E-state index in [1.165, 1.54) is 0 Å². The summed E-state index contributed by atoms with van der Waals surface area (Å²) >= 11 is 0. The van der Waals surface area contributed by atoms with Gasteiger partial charge in [-0.05, 0) is 18.9 Å². The van der Waals surface area contributed by atoms with E-state index in [1.807, 2.05) is 0 Å². The second-order valence-corrected chi connectivity index (χ2v) is 6.55. The van der Waals surface area contributed by atoms with E-state index >= 15 is 0 Å². The fourth-order valence-electron chi connectivity index (χ4n) is 3.45. The molecule has 3 aliphatic rings. The fraction of sp³-hybridized carbons (Fsp3) is 0.625. The SMILES string of the molecule is O=C(NCC1CCCO1)C1=NOC2(CCN(c3ncccn3)C2)C1. The van der Waals surface area contributed by atoms with Crippen LogP contribution >= 0.6 is 0 Å². The third-order valence-corrected chi connectivity index (χ3v) is 4.77. The molecule has 2 atom stereocenters. The molecule has 8 nitrogen and oxygen atoms in total. The van der Waals surface area contributed by atoms with Gasteiger partial charge in [-0.2, -0.15) is 0 Å². The van der Waals surface area contributed by atoms with Crippen molar-refractivity contribution in [2.24, 2.45) is 5.16 Å². The summed E-state index contributed by atoms with van der Waals surface area (Å²) in [5.41, 5.74) is 0.0271. The van der Waals surface area contributed by atoms with Crippen LogP contribution in [0.15, 0.2) is 23.6 Å². The topological polar surface area (TPSA) is 88.9 Å². The third kappa shape index (κ3) is 3.06. The number of carbonyl (C=O) groups excluding carboxylic acids is 1. The molecular weight excluding hydrogens is 310 g/mol. The minimum Gasteiger partial charge on any atom is -0.386 e. The molecule has 2 unspecified atom stereocenters. The Morgan fingerprint density at radius 3 is 3.08 bits per heavy atom. The molecule has 24 heavy (non-hydrogen) atoms. The van der Waals surface area contributed by atoms with Gasteiger partial charge in [0.25, 0.3) is 5.91 Å². The molecule has 0 radical (unpaired) electrons. The average Bonchev–Trinajstić information content (AvgIpc) is 3.36. The molecule has 2 saturated heterocycles. The lowest BCUT2D eigenvalue weighted by atomic mass is 9.96. The second-order valence-electron chi connectivity index (χ2n) is 6.55. The summed E-state index contributed by atoms with van der Waals surface area (Å²) in [7, 11) is 0. The van der Waals surface area contributed by atoms with Crippen molar-refractivity contribution >= 4 is 17.6 Å². The van der Waals surface area contributed by atoms with E-state index in [1.54, 1.807) is 18.5 Å². The lowest BCUT2D eigenvalue weighted by Gasteiger charge is -2.21. The Kier molecular flexibility index (Phi) is 4.05. The van der Waals surface area contributed by atoms with Crippen LogP contribution in [-0.2, 0) is 14.4 Å². The van der Waals surface area contributed by atoms with Crippen molar-refractivity contribution in [3.05, 3.63) is 18.5 Å². The number of ether oxygens (including phenoxy) is 1. The highest BCUT2D eigenvalue weighted by atomic mass is 16.7. The summed E-state index contributed by atoms with van der Waals surface area (Å²) in [5, 5.41) is 6.94. The van der Waals surface area contributed by atoms with Gasteiger partial charge in [0.1, 0.15) is 5.71 Å². The van der Waals surface area contributed by atoms with Crippen molar-refractivity contribution in [3.8, 4) is 0 Å². The van der Waals surface area contributed by atoms with Crippen LogP contribution in [0, 0.1) is 0 Å². The first-order valence-electron chi connectivity index (χ1n) is 8.41. The molecular formula is C16H21N5O3. The van der Waals surface area contributed by atoms with Crippen molar-refractivity contribution in [2.45, 2.75) is 37.4 Å². The predicted molar refractivity (Wildman–Crippen MR) is 86.7 cm³/mol. The van der Waals surface area contributed by atoms with Crippen LogP contribution in [0.5, 0.6) is 0 Å². The Labute approximate surface area is 140 Å². The zero-order valence-electron chi connectivity index (χ0n) is 13.5. The van der Waals surface area contributed by atoms with Crippen LogP contribution in [0.4, 0.5) is 5.95 Å². The number of carbonyl (C=O) groups is 1. The lowest BCUT2D eigenvalue weighted by molar-refractivity contribution is -0.115. The predicted octanol–water partition coefficient (Wildman–Crippen LogP) is 0.497. The molecule has 1 spiro atoms. The van der Waals surface area contributed by atoms with Crippen LogP contribution in [-0.4, -0.2) is 59.5 Å². The molecule has 1 aromatic heterocycles. The van der Waals surface area contributed by atoms with Crippen molar-refractivity contribution < 1.29 is 14.4 Å². The van der Waals surface area contributed by atoms with E-state index in [9.17, 15) is 4.79 Å². The highest BCUT2D eigenvalue weighted by molar-refractivity contribution is 6.39. The van der Waals surface area contributed by atoms with Gasteiger partial charge in [-0.3, -0.25) is 4.79 Å². The smallest absolute Gasteiger partial charge is 0.269 e. The van der Waals surface area contributed by atoms with Crippen LogP contribution in [0.25, 0.3) is 0 Å². The summed E-state index contributed by atoms with van der Waals surface area (Å²) in [5.74, 6) is 0.533. The largest absolute Gasteiger partial charge is 0.386 e. The van der Waals surface area contributed by atoms with E-state index in [0.717, 1.165) is 32.4 Å². The van der Waals surface area contributed by atoms with Gasteiger partial charge >= 0.3 is 0 Å². The van der Waals surface area contributed by atoms with Crippen molar-refractivity contribution in [1.29, 1.82) is 0 Å². The lowest BCUT2D eigenvalue weighted by Crippen LogP contribution is -2.39. The molecule has 2 fully saturated rings. The van der Waals surface area contributed by atoms with Crippen LogP contribution in [0.3, 0.4) is 0 Å². The number of oxime groups is 1. The quantitative estimate of drug-likeness (QED) is 0.864. The van der Waals surface area contributed by atoms with Crippen molar-refractivity contribution in [2.75, 3.05) is 31.1 Å². The monoisotopic (exact) mass is 331 g/mol. The number of hydrogen-bond acceptors (Lipinski definition) is 7. The van der Waals surface area contributed by atoms with E-state index in [2.05, 4.69) is 25.3 Å². The summed E-state index contributed by atoms with van der Waals surface area (Å²) in [6.07, 6.45) is 6.96. The summed E-state index contributed by atoms with van der Waals surface area (Å²) < 4.78 is 5.52. The van der Waals surface area contributed by atoms with Crippen LogP contribution in [0.1, 0.15) is 25.7 Å². The molecule has 1 aromatic rings. The Hall–Kier alpha value is -2.22. The molecule has 0 bridgehead atoms. The van der Waals surface area contributed by atoms with Gasteiger partial charge in [0.15, 0.2) is 5.60 Å². The maximum Gasteiger partial charge on any atom is 0.269 e. The van der Waals surface area contributed by atoms with E-state index < -0.39 is 5.60 Å². The van der Waals surface area contributed by atoms with E-state index in [4.69, 9.17) is 9.57 Å². The Morgan fingerprint density at radius 1 is 1.42 bits per heavy atom. The van der Waals surface area contributed by atoms with Crippen molar-refractivity contribution in [1.82, 2.24) is 15.3 Å². The molecule has 4 heterocycles. The minimum absolute atomic E-state index is 0.128. The summed E-state index contributed by atoms with van der Waals surface area (Å²) in [4.78, 5) is 28.6. The number of aromatic nitrogens is 2. The van der Waals surface area contributed by atoms with E-state index in [-0.39, 0.29) is 12.0 Å². The van der Waals surface area contributed by atoms with Gasteiger partial charge in [0, 0.05) is 44.9 Å². The first-order valence-corrected chi connectivity index (χ1v) is 8.41. The van der Waals surface area contributed by atoms with Crippen LogP contribution in [0.2, 0.25) is 0 Å². The van der Waals surface area contributed by atoms with Crippen LogP contribution < -0.4 is 10.2 Å². The van der Waals surface area contributed by atoms with Gasteiger partial charge < -0.3 is 19.8 Å². The summed E-state index contributed by atoms with van der Waals surface area (Å²) in [6.45, 7) is 2.76. The number of anilines is 1. The second kappa shape index (κ2) is 6.35. The molecule has 0 saturated carbocycles. The zero-order valence-corrected chi connectivity index (χ0v) is 13.5. The normalized spacial score (nSPS) is 28.9. The van der Waals surface area contributed by atoms with Gasteiger partial charge in [0.2, 0.25) is 5.95 Å². The number of hydrogen-bond donors (Lipinski definition) is 1. The molecule has 1 amide bonds. The van der Waals surface area contributed by atoms with Gasteiger partial charge in [0.05, 0.1) is 12.6 Å². The highest BCUT2D eigenvalue weighted by Crippen LogP contribution is 2.35. The molecule has 128 valence electrons. The van der Waals surface area contributed by atoms with Gasteiger partial charge in [-0.1, -0.05) is 5.16 Å². The molecule has 0 aromatic carbocycles. The molecule has 1 N–H and O–H groups in total. The molecule has 3 aliphatic heterocycles. The Bertz CT molecular complexity index is 632. The molecule has 8 heteroatoms. The number of nitrogens with one attached hydrogen (secondary N) is 1. The Balaban J connectivity index is 1.31. The van der Waals surface area contributed by atoms with E-state index in [0.29, 0.717) is 31.2 Å². The zero-order chi connectivity index (χ0) is 16.4. The standard InChI is InChI=1S/C16H21N5O3/c22-14(19-10-12-3-1-8-23-12)13-9-16(24-20-13)4-7-21(11-16)15-17-5-2-6-18-15/h2,5-6,12H,1,3-4,7-11H2,(H,19,22). The first kappa shape index (κ1) is 15.3. The maximum atomic E-state index is 12.3. The number of nitrogens with zero attached hydrogens (tertiary/aromatic N) is 4. The van der Waals surface area contributed by atoms with Gasteiger partial charge in [-0.15, -0.1) is 0 Å². The Morgan fingerprint density at radius 2 is 2.29 bits per heavy atom. The number of rotatable bonds is 4. The first-order chi connectivity index (χ1) is 11.7. The van der Waals surface area contributed by atoms with Gasteiger partial charge in [-0.25, -0.2) is 9.97 Å². The highest BCUT2D eigenvalue weighted by Gasteiger charge is 2.47. The average molecular weight is 331 g/mol. The summed E-state index contributed by atoms with van der Waals surface area (Å²) in [6, 6.07) is 1.79. The van der Waals surface area contributed by atoms with Crippen molar-refractivity contribution in [3.63, 3.8) is 0 Å². The fourth-order valence-corrected chi connectivity index (χ4v) is 3.45. The minimum atomic E-state index is -0.435. The number of amides is 1. The molecule has 0 aliphatic carbocycles.